The second-order valence-corrected chi connectivity index (χ2v) is 8.26. The number of nitrogen functional groups attached to an aromatic ring is 1. The number of nitrogens with zero attached hydrogens (tertiary/aromatic N) is 3. The van der Waals surface area contributed by atoms with E-state index >= 15 is 0 Å². The van der Waals surface area contributed by atoms with Crippen LogP contribution in [0.4, 0.5) is 11.5 Å². The lowest BCUT2D eigenvalue weighted by atomic mass is 9.74. The Hall–Kier alpha value is -1.79. The molecule has 0 radical (unpaired) electrons. The second-order valence-electron chi connectivity index (χ2n) is 7.20. The zero-order valence-corrected chi connectivity index (χ0v) is 15.2. The predicted molar refractivity (Wildman–Crippen MR) is 103 cm³/mol. The molecule has 4 N–H and O–H groups in total. The lowest BCUT2D eigenvalue weighted by Crippen LogP contribution is -2.47. The van der Waals surface area contributed by atoms with Crippen LogP contribution < -0.4 is 16.4 Å². The fraction of sp³-hybridized carbons (Fsp3) is 0.474. The topological polar surface area (TPSA) is 81.1 Å². The van der Waals surface area contributed by atoms with Gasteiger partial charge in [-0.05, 0) is 43.2 Å². The maximum atomic E-state index is 6.37. The Kier molecular flexibility index (Phi) is 4.56. The normalized spacial score (nSPS) is 22.4. The highest BCUT2D eigenvalue weighted by atomic mass is 32.2. The van der Waals surface area contributed by atoms with Crippen molar-refractivity contribution in [2.45, 2.75) is 48.1 Å². The first-order chi connectivity index (χ1) is 12.2. The SMILES string of the molecule is Nc1ccccc1Sc1cnc(N2CCC3(CCC[C@H]3N)CC2)cn1. The molecule has 25 heavy (non-hydrogen) atoms. The first kappa shape index (κ1) is 16.7. The fourth-order valence-electron chi connectivity index (χ4n) is 4.18. The van der Waals surface area contributed by atoms with Crippen LogP contribution in [0.3, 0.4) is 0 Å². The van der Waals surface area contributed by atoms with Crippen molar-refractivity contribution in [3.05, 3.63) is 36.7 Å². The minimum Gasteiger partial charge on any atom is -0.398 e. The molecule has 0 amide bonds. The third kappa shape index (κ3) is 3.33. The number of nitrogens with two attached hydrogens (primary N) is 2. The Morgan fingerprint density at radius 2 is 1.88 bits per heavy atom. The molecule has 1 aromatic carbocycles. The average Bonchev–Trinajstić information content (AvgIpc) is 2.99. The largest absolute Gasteiger partial charge is 0.398 e. The van der Waals surface area contributed by atoms with Gasteiger partial charge in [0.25, 0.3) is 0 Å². The van der Waals surface area contributed by atoms with E-state index in [1.54, 1.807) is 11.8 Å². The second kappa shape index (κ2) is 6.84. The molecule has 1 spiro atoms. The molecule has 5 nitrogen and oxygen atoms in total. The Morgan fingerprint density at radius 1 is 1.08 bits per heavy atom. The predicted octanol–water partition coefficient (Wildman–Crippen LogP) is 3.31. The molecule has 2 aliphatic rings. The number of piperidine rings is 1. The van der Waals surface area contributed by atoms with Crippen LogP contribution in [0, 0.1) is 5.41 Å². The molecule has 1 atom stereocenters. The molecule has 6 heteroatoms. The van der Waals surface area contributed by atoms with Crippen LogP contribution in [0.25, 0.3) is 0 Å². The first-order valence-electron chi connectivity index (χ1n) is 9.01. The molecular formula is C19H25N5S. The van der Waals surface area contributed by atoms with E-state index in [9.17, 15) is 0 Å². The van der Waals surface area contributed by atoms with Gasteiger partial charge in [-0.25, -0.2) is 9.97 Å². The molecule has 1 aliphatic carbocycles. The van der Waals surface area contributed by atoms with Crippen molar-refractivity contribution in [2.75, 3.05) is 23.7 Å². The van der Waals surface area contributed by atoms with Crippen LogP contribution in [-0.2, 0) is 0 Å². The molecule has 4 rings (SSSR count). The van der Waals surface area contributed by atoms with Crippen LogP contribution in [0.15, 0.2) is 46.6 Å². The number of rotatable bonds is 3. The van der Waals surface area contributed by atoms with Crippen molar-refractivity contribution in [1.82, 2.24) is 9.97 Å². The number of hydrogen-bond acceptors (Lipinski definition) is 6. The van der Waals surface area contributed by atoms with Crippen molar-refractivity contribution >= 4 is 23.3 Å². The standard InChI is InChI=1S/C19H25N5S/c20-14-4-1-2-5-15(14)25-18-13-22-17(12-23-18)24-10-8-19(9-11-24)7-3-6-16(19)21/h1-2,4-5,12-13,16H,3,6-11,20-21H2/t16-/m1/s1. The van der Waals surface area contributed by atoms with Crippen LogP contribution in [0.5, 0.6) is 0 Å². The highest BCUT2D eigenvalue weighted by Gasteiger charge is 2.42. The lowest BCUT2D eigenvalue weighted by Gasteiger charge is -2.42. The highest BCUT2D eigenvalue weighted by molar-refractivity contribution is 7.99. The summed E-state index contributed by atoms with van der Waals surface area (Å²) in [5.41, 5.74) is 13.5. The van der Waals surface area contributed by atoms with Gasteiger partial charge in [-0.15, -0.1) is 0 Å². The molecule has 132 valence electrons. The number of para-hydroxylation sites is 1. The van der Waals surface area contributed by atoms with Gasteiger partial charge in [0.1, 0.15) is 10.8 Å². The zero-order chi connectivity index (χ0) is 17.3. The summed E-state index contributed by atoms with van der Waals surface area (Å²) in [6.07, 6.45) is 9.84. The molecule has 1 saturated carbocycles. The molecule has 2 fully saturated rings. The number of anilines is 2. The van der Waals surface area contributed by atoms with Crippen molar-refractivity contribution in [2.24, 2.45) is 11.1 Å². The molecule has 1 aliphatic heterocycles. The fourth-order valence-corrected chi connectivity index (χ4v) is 4.95. The maximum Gasteiger partial charge on any atom is 0.147 e. The number of hydrogen-bond donors (Lipinski definition) is 2. The van der Waals surface area contributed by atoms with Crippen molar-refractivity contribution in [1.29, 1.82) is 0 Å². The van der Waals surface area contributed by atoms with Crippen LogP contribution in [0.1, 0.15) is 32.1 Å². The van der Waals surface area contributed by atoms with Crippen molar-refractivity contribution in [3.8, 4) is 0 Å². The molecule has 2 aromatic rings. The minimum absolute atomic E-state index is 0.380. The molecular weight excluding hydrogens is 330 g/mol. The third-order valence-corrected chi connectivity index (χ3v) is 6.82. The van der Waals surface area contributed by atoms with E-state index in [0.29, 0.717) is 11.5 Å². The van der Waals surface area contributed by atoms with Gasteiger partial charge >= 0.3 is 0 Å². The Bertz CT molecular complexity index is 725. The van der Waals surface area contributed by atoms with E-state index in [-0.39, 0.29) is 0 Å². The number of benzene rings is 1. The van der Waals surface area contributed by atoms with Crippen LogP contribution >= 0.6 is 11.8 Å². The summed E-state index contributed by atoms with van der Waals surface area (Å²) in [7, 11) is 0. The summed E-state index contributed by atoms with van der Waals surface area (Å²) in [6, 6.07) is 8.22. The lowest BCUT2D eigenvalue weighted by molar-refractivity contribution is 0.197. The summed E-state index contributed by atoms with van der Waals surface area (Å²) in [4.78, 5) is 12.6. The van der Waals surface area contributed by atoms with Gasteiger partial charge in [0.2, 0.25) is 0 Å². The van der Waals surface area contributed by atoms with E-state index in [2.05, 4.69) is 14.9 Å². The third-order valence-electron chi connectivity index (χ3n) is 5.81. The van der Waals surface area contributed by atoms with Gasteiger partial charge < -0.3 is 16.4 Å². The summed E-state index contributed by atoms with van der Waals surface area (Å²) >= 11 is 1.55. The molecule has 1 saturated heterocycles. The Balaban J connectivity index is 1.40. The highest BCUT2D eigenvalue weighted by Crippen LogP contribution is 2.45. The summed E-state index contributed by atoms with van der Waals surface area (Å²) in [6.45, 7) is 2.06. The van der Waals surface area contributed by atoms with Crippen LogP contribution in [-0.4, -0.2) is 29.1 Å². The summed E-state index contributed by atoms with van der Waals surface area (Å²) in [5.74, 6) is 0.965. The molecule has 0 unspecified atom stereocenters. The quantitative estimate of drug-likeness (QED) is 0.822. The smallest absolute Gasteiger partial charge is 0.147 e. The Morgan fingerprint density at radius 3 is 2.52 bits per heavy atom. The minimum atomic E-state index is 0.380. The summed E-state index contributed by atoms with van der Waals surface area (Å²) < 4.78 is 0. The van der Waals surface area contributed by atoms with E-state index in [4.69, 9.17) is 11.5 Å². The zero-order valence-electron chi connectivity index (χ0n) is 14.4. The van der Waals surface area contributed by atoms with Gasteiger partial charge in [-0.3, -0.25) is 0 Å². The van der Waals surface area contributed by atoms with Gasteiger partial charge in [0, 0.05) is 29.7 Å². The number of aromatic nitrogens is 2. The molecule has 1 aromatic heterocycles. The van der Waals surface area contributed by atoms with E-state index < -0.39 is 0 Å². The van der Waals surface area contributed by atoms with Gasteiger partial charge in [0.15, 0.2) is 0 Å². The molecule has 0 bridgehead atoms. The average molecular weight is 356 g/mol. The van der Waals surface area contributed by atoms with E-state index in [1.807, 2.05) is 36.7 Å². The van der Waals surface area contributed by atoms with E-state index in [1.165, 1.54) is 32.1 Å². The molecule has 2 heterocycles. The first-order valence-corrected chi connectivity index (χ1v) is 9.83. The Labute approximate surface area is 153 Å². The maximum absolute atomic E-state index is 6.37. The van der Waals surface area contributed by atoms with E-state index in [0.717, 1.165) is 34.5 Å². The van der Waals surface area contributed by atoms with Gasteiger partial charge in [-0.1, -0.05) is 30.3 Å². The van der Waals surface area contributed by atoms with Gasteiger partial charge in [-0.2, -0.15) is 0 Å². The van der Waals surface area contributed by atoms with Crippen molar-refractivity contribution in [3.63, 3.8) is 0 Å². The van der Waals surface area contributed by atoms with Gasteiger partial charge in [0.05, 0.1) is 12.4 Å². The monoisotopic (exact) mass is 355 g/mol. The summed E-state index contributed by atoms with van der Waals surface area (Å²) in [5, 5.41) is 0.868. The van der Waals surface area contributed by atoms with Crippen molar-refractivity contribution < 1.29 is 0 Å². The van der Waals surface area contributed by atoms with Crippen LogP contribution in [0.2, 0.25) is 0 Å².